The molecule has 0 saturated heterocycles. The number of esters is 1. The predicted octanol–water partition coefficient (Wildman–Crippen LogP) is 1.51. The Kier molecular flexibility index (Phi) is 2.42. The van der Waals surface area contributed by atoms with Gasteiger partial charge in [0.05, 0.1) is 7.11 Å². The second-order valence-corrected chi connectivity index (χ2v) is 3.99. The van der Waals surface area contributed by atoms with Crippen LogP contribution in [-0.4, -0.2) is 19.0 Å². The molecule has 0 spiro atoms. The van der Waals surface area contributed by atoms with Gasteiger partial charge in [0.25, 0.3) is 0 Å². The maximum atomic E-state index is 11.7. The Morgan fingerprint density at radius 1 is 1.38 bits per heavy atom. The molecule has 1 aromatic carbocycles. The molecule has 1 amide bonds. The van der Waals surface area contributed by atoms with Gasteiger partial charge in [0.15, 0.2) is 5.92 Å². The third kappa shape index (κ3) is 1.46. The lowest BCUT2D eigenvalue weighted by atomic mass is 9.95. The van der Waals surface area contributed by atoms with Crippen LogP contribution in [0.4, 0.5) is 5.69 Å². The first-order chi connectivity index (χ1) is 7.54. The molecule has 1 unspecified atom stereocenters. The van der Waals surface area contributed by atoms with Crippen LogP contribution in [0.15, 0.2) is 12.1 Å². The van der Waals surface area contributed by atoms with Gasteiger partial charge in [-0.3, -0.25) is 9.59 Å². The van der Waals surface area contributed by atoms with Crippen LogP contribution in [-0.2, 0) is 14.3 Å². The zero-order chi connectivity index (χ0) is 11.9. The van der Waals surface area contributed by atoms with Crippen molar-refractivity contribution < 1.29 is 14.3 Å². The number of nitrogens with one attached hydrogen (secondary N) is 1. The number of hydrogen-bond acceptors (Lipinski definition) is 3. The molecule has 0 saturated carbocycles. The molecule has 1 aliphatic rings. The summed E-state index contributed by atoms with van der Waals surface area (Å²) in [5.74, 6) is -1.64. The van der Waals surface area contributed by atoms with Crippen LogP contribution in [0.2, 0.25) is 0 Å². The number of aryl methyl sites for hydroxylation is 2. The Bertz CT molecular complexity index is 479. The molecule has 0 aromatic heterocycles. The molecular weight excluding hydrogens is 206 g/mol. The van der Waals surface area contributed by atoms with E-state index in [1.165, 1.54) is 7.11 Å². The van der Waals surface area contributed by atoms with E-state index in [1.54, 1.807) is 0 Å². The van der Waals surface area contributed by atoms with E-state index in [0.29, 0.717) is 0 Å². The van der Waals surface area contributed by atoms with Gasteiger partial charge < -0.3 is 10.1 Å². The molecule has 4 nitrogen and oxygen atoms in total. The van der Waals surface area contributed by atoms with Crippen molar-refractivity contribution in [2.45, 2.75) is 19.8 Å². The number of ether oxygens (including phenoxy) is 1. The summed E-state index contributed by atoms with van der Waals surface area (Å²) in [7, 11) is 1.29. The maximum absolute atomic E-state index is 11.7. The molecule has 1 aromatic rings. The topological polar surface area (TPSA) is 55.4 Å². The van der Waals surface area contributed by atoms with E-state index in [-0.39, 0.29) is 5.91 Å². The molecule has 2 rings (SSSR count). The molecule has 0 fully saturated rings. The number of carbonyl (C=O) groups excluding carboxylic acids is 2. The molecular formula is C12H13NO3. The van der Waals surface area contributed by atoms with Gasteiger partial charge in [-0.2, -0.15) is 0 Å². The van der Waals surface area contributed by atoms with E-state index in [1.807, 2.05) is 26.0 Å². The van der Waals surface area contributed by atoms with Crippen molar-refractivity contribution >= 4 is 17.6 Å². The average Bonchev–Trinajstić information content (AvgIpc) is 2.53. The van der Waals surface area contributed by atoms with E-state index < -0.39 is 11.9 Å². The van der Waals surface area contributed by atoms with Gasteiger partial charge in [-0.05, 0) is 31.0 Å². The summed E-state index contributed by atoms with van der Waals surface area (Å²) in [6, 6.07) is 3.82. The zero-order valence-corrected chi connectivity index (χ0v) is 9.46. The van der Waals surface area contributed by atoms with E-state index in [0.717, 1.165) is 22.4 Å². The first-order valence-corrected chi connectivity index (χ1v) is 5.04. The Morgan fingerprint density at radius 3 is 2.69 bits per heavy atom. The van der Waals surface area contributed by atoms with Crippen LogP contribution in [0.25, 0.3) is 0 Å². The minimum absolute atomic E-state index is 0.310. The van der Waals surface area contributed by atoms with Crippen LogP contribution in [0.3, 0.4) is 0 Å². The summed E-state index contributed by atoms with van der Waals surface area (Å²) in [5.41, 5.74) is 3.45. The quantitative estimate of drug-likeness (QED) is 0.575. The number of benzene rings is 1. The van der Waals surface area contributed by atoms with Crippen molar-refractivity contribution in [1.82, 2.24) is 0 Å². The molecule has 16 heavy (non-hydrogen) atoms. The minimum Gasteiger partial charge on any atom is -0.468 e. The Morgan fingerprint density at radius 2 is 2.06 bits per heavy atom. The first-order valence-electron chi connectivity index (χ1n) is 5.04. The monoisotopic (exact) mass is 219 g/mol. The molecule has 0 radical (unpaired) electrons. The maximum Gasteiger partial charge on any atom is 0.322 e. The van der Waals surface area contributed by atoms with Crippen LogP contribution in [0, 0.1) is 13.8 Å². The summed E-state index contributed by atoms with van der Waals surface area (Å²) in [6.07, 6.45) is 0. The average molecular weight is 219 g/mol. The van der Waals surface area contributed by atoms with Gasteiger partial charge in [0.1, 0.15) is 0 Å². The summed E-state index contributed by atoms with van der Waals surface area (Å²) >= 11 is 0. The Hall–Kier alpha value is -1.84. The fraction of sp³-hybridized carbons (Fsp3) is 0.333. The normalized spacial score (nSPS) is 17.9. The highest BCUT2D eigenvalue weighted by Crippen LogP contribution is 2.36. The smallest absolute Gasteiger partial charge is 0.322 e. The van der Waals surface area contributed by atoms with E-state index in [9.17, 15) is 9.59 Å². The summed E-state index contributed by atoms with van der Waals surface area (Å²) in [4.78, 5) is 23.2. The van der Waals surface area contributed by atoms with Crippen molar-refractivity contribution in [3.8, 4) is 0 Å². The summed E-state index contributed by atoms with van der Waals surface area (Å²) in [5, 5.41) is 2.70. The molecule has 1 aliphatic heterocycles. The molecule has 0 aliphatic carbocycles. The molecule has 1 atom stereocenters. The third-order valence-electron chi connectivity index (χ3n) is 2.78. The number of hydrogen-bond donors (Lipinski definition) is 1. The highest BCUT2D eigenvalue weighted by atomic mass is 16.5. The molecule has 1 N–H and O–H groups in total. The van der Waals surface area contributed by atoms with Crippen LogP contribution in [0.1, 0.15) is 22.6 Å². The van der Waals surface area contributed by atoms with Gasteiger partial charge in [-0.15, -0.1) is 0 Å². The number of rotatable bonds is 1. The molecule has 1 heterocycles. The van der Waals surface area contributed by atoms with Gasteiger partial charge in [0.2, 0.25) is 5.91 Å². The largest absolute Gasteiger partial charge is 0.468 e. The van der Waals surface area contributed by atoms with Gasteiger partial charge in [-0.25, -0.2) is 0 Å². The fourth-order valence-corrected chi connectivity index (χ4v) is 2.14. The third-order valence-corrected chi connectivity index (χ3v) is 2.78. The molecule has 84 valence electrons. The zero-order valence-electron chi connectivity index (χ0n) is 9.46. The highest BCUT2D eigenvalue weighted by Gasteiger charge is 2.38. The lowest BCUT2D eigenvalue weighted by Crippen LogP contribution is -2.22. The van der Waals surface area contributed by atoms with Gasteiger partial charge >= 0.3 is 5.97 Å². The number of methoxy groups -OCH3 is 1. The van der Waals surface area contributed by atoms with Gasteiger partial charge in [-0.1, -0.05) is 6.07 Å². The highest BCUT2D eigenvalue weighted by molar-refractivity contribution is 6.15. The van der Waals surface area contributed by atoms with Crippen LogP contribution < -0.4 is 5.32 Å². The minimum atomic E-state index is -0.819. The van der Waals surface area contributed by atoms with Crippen LogP contribution in [0.5, 0.6) is 0 Å². The second-order valence-electron chi connectivity index (χ2n) is 3.99. The SMILES string of the molecule is COC(=O)C1C(=O)Nc2cc(C)cc(C)c21. The van der Waals surface area contributed by atoms with Crippen molar-refractivity contribution in [3.63, 3.8) is 0 Å². The molecule has 4 heteroatoms. The first kappa shape index (κ1) is 10.7. The van der Waals surface area contributed by atoms with Crippen molar-refractivity contribution in [1.29, 1.82) is 0 Å². The van der Waals surface area contributed by atoms with Gasteiger partial charge in [0, 0.05) is 11.3 Å². The number of carbonyl (C=O) groups is 2. The van der Waals surface area contributed by atoms with Crippen molar-refractivity contribution in [3.05, 3.63) is 28.8 Å². The van der Waals surface area contributed by atoms with Crippen molar-refractivity contribution in [2.75, 3.05) is 12.4 Å². The summed E-state index contributed by atoms with van der Waals surface area (Å²) in [6.45, 7) is 3.84. The molecule has 0 bridgehead atoms. The van der Waals surface area contributed by atoms with E-state index in [4.69, 9.17) is 0 Å². The standard InChI is InChI=1S/C12H13NO3/c1-6-4-7(2)9-8(5-6)13-11(14)10(9)12(15)16-3/h4-5,10H,1-3H3,(H,13,14). The van der Waals surface area contributed by atoms with E-state index >= 15 is 0 Å². The van der Waals surface area contributed by atoms with Crippen molar-refractivity contribution in [2.24, 2.45) is 0 Å². The van der Waals surface area contributed by atoms with Crippen LogP contribution >= 0.6 is 0 Å². The fourth-order valence-electron chi connectivity index (χ4n) is 2.14. The number of amides is 1. The second kappa shape index (κ2) is 3.63. The summed E-state index contributed by atoms with van der Waals surface area (Å²) < 4.78 is 4.65. The lowest BCUT2D eigenvalue weighted by molar-refractivity contribution is -0.144. The number of fused-ring (bicyclic) bond motifs is 1. The van der Waals surface area contributed by atoms with E-state index in [2.05, 4.69) is 10.1 Å². The Balaban J connectivity index is 2.56. The predicted molar refractivity (Wildman–Crippen MR) is 59.3 cm³/mol. The lowest BCUT2D eigenvalue weighted by Gasteiger charge is -2.09. The Labute approximate surface area is 93.6 Å². The number of anilines is 1.